The summed E-state index contributed by atoms with van der Waals surface area (Å²) in [7, 11) is 0. The Bertz CT molecular complexity index is 1080. The number of carbonyl (C=O) groups is 1. The number of fused-ring (bicyclic) bond motifs is 2. The molecule has 11 heteroatoms. The van der Waals surface area contributed by atoms with Crippen molar-refractivity contribution in [3.8, 4) is 11.3 Å². The number of aromatic nitrogens is 4. The third kappa shape index (κ3) is 2.87. The minimum Gasteiger partial charge on any atom is -0.465 e. The maximum absolute atomic E-state index is 11.6. The summed E-state index contributed by atoms with van der Waals surface area (Å²) >= 11 is 0. The normalized spacial score (nSPS) is 28.6. The van der Waals surface area contributed by atoms with Gasteiger partial charge in [-0.2, -0.15) is 4.98 Å². The molecule has 3 atom stereocenters. The fourth-order valence-corrected chi connectivity index (χ4v) is 5.55. The van der Waals surface area contributed by atoms with Gasteiger partial charge in [-0.3, -0.25) is 0 Å². The number of anilines is 3. The van der Waals surface area contributed by atoms with E-state index in [4.69, 9.17) is 20.4 Å². The van der Waals surface area contributed by atoms with Crippen LogP contribution >= 0.6 is 0 Å². The summed E-state index contributed by atoms with van der Waals surface area (Å²) in [5.74, 6) is 2.16. The van der Waals surface area contributed by atoms with Crippen molar-refractivity contribution in [3.05, 3.63) is 18.0 Å². The van der Waals surface area contributed by atoms with Crippen LogP contribution in [0.2, 0.25) is 0 Å². The van der Waals surface area contributed by atoms with E-state index in [1.807, 2.05) is 0 Å². The highest BCUT2D eigenvalue weighted by Gasteiger charge is 2.65. The Morgan fingerprint density at radius 1 is 1.28 bits per heavy atom. The Morgan fingerprint density at radius 3 is 2.81 bits per heavy atom. The van der Waals surface area contributed by atoms with Crippen LogP contribution in [0, 0.1) is 5.92 Å². The Balaban J connectivity index is 1.44. The highest BCUT2D eigenvalue weighted by atomic mass is 16.5. The van der Waals surface area contributed by atoms with Gasteiger partial charge in [-0.05, 0) is 19.8 Å². The number of hydrogen-bond acceptors (Lipinski definition) is 9. The molecule has 1 aliphatic carbocycles. The molecule has 2 aromatic rings. The monoisotopic (exact) mass is 438 g/mol. The van der Waals surface area contributed by atoms with Gasteiger partial charge in [0.15, 0.2) is 0 Å². The van der Waals surface area contributed by atoms with Crippen LogP contribution < -0.4 is 15.5 Å². The number of ether oxygens (including phenoxy) is 1. The van der Waals surface area contributed by atoms with Gasteiger partial charge in [0.2, 0.25) is 11.9 Å². The molecule has 4 aliphatic rings. The molecule has 1 saturated carbocycles. The molecular weight excluding hydrogens is 412 g/mol. The predicted octanol–water partition coefficient (Wildman–Crippen LogP) is 0.856. The molecule has 168 valence electrons. The molecule has 3 aliphatic heterocycles. The number of carboxylic acid groups (broad SMARTS) is 1. The van der Waals surface area contributed by atoms with Gasteiger partial charge >= 0.3 is 6.09 Å². The van der Waals surface area contributed by atoms with Crippen molar-refractivity contribution < 1.29 is 14.6 Å². The van der Waals surface area contributed by atoms with Gasteiger partial charge in [0, 0.05) is 55.6 Å². The second-order valence-electron chi connectivity index (χ2n) is 9.19. The first-order valence-electron chi connectivity index (χ1n) is 11.0. The van der Waals surface area contributed by atoms with Crippen molar-refractivity contribution in [1.82, 2.24) is 24.8 Å². The van der Waals surface area contributed by atoms with Gasteiger partial charge in [-0.15, -0.1) is 0 Å². The topological polar surface area (TPSA) is 134 Å². The van der Waals surface area contributed by atoms with Crippen LogP contribution in [-0.2, 0) is 11.2 Å². The van der Waals surface area contributed by atoms with Gasteiger partial charge in [0.05, 0.1) is 30.5 Å². The van der Waals surface area contributed by atoms with Crippen LogP contribution in [0.3, 0.4) is 0 Å². The number of likely N-dealkylation sites (tertiary alicyclic amines) is 1. The van der Waals surface area contributed by atoms with Gasteiger partial charge in [-0.25, -0.2) is 19.7 Å². The van der Waals surface area contributed by atoms with Crippen LogP contribution in [0.15, 0.2) is 12.4 Å². The van der Waals surface area contributed by atoms with Crippen molar-refractivity contribution in [2.75, 3.05) is 54.9 Å². The minimum atomic E-state index is -0.846. The van der Waals surface area contributed by atoms with E-state index in [9.17, 15) is 9.90 Å². The molecule has 1 amide bonds. The lowest BCUT2D eigenvalue weighted by Crippen LogP contribution is -2.45. The molecule has 5 heterocycles. The summed E-state index contributed by atoms with van der Waals surface area (Å²) in [5.41, 5.74) is 8.26. The van der Waals surface area contributed by atoms with Crippen molar-refractivity contribution in [2.24, 2.45) is 5.92 Å². The fourth-order valence-electron chi connectivity index (χ4n) is 5.55. The molecule has 6 rings (SSSR count). The number of amides is 1. The molecule has 0 radical (unpaired) electrons. The summed E-state index contributed by atoms with van der Waals surface area (Å²) < 4.78 is 5.61. The van der Waals surface area contributed by atoms with E-state index >= 15 is 0 Å². The average Bonchev–Trinajstić information content (AvgIpc) is 3.13. The number of nitrogen functional groups attached to an aromatic ring is 1. The Morgan fingerprint density at radius 2 is 2.09 bits per heavy atom. The van der Waals surface area contributed by atoms with Crippen LogP contribution in [0.5, 0.6) is 0 Å². The number of nitrogens with two attached hydrogens (primary N) is 1. The molecule has 3 fully saturated rings. The lowest BCUT2D eigenvalue weighted by Gasteiger charge is -2.35. The molecule has 0 bridgehead atoms. The van der Waals surface area contributed by atoms with Crippen LogP contribution in [0.1, 0.15) is 18.9 Å². The molecule has 2 saturated heterocycles. The second kappa shape index (κ2) is 6.89. The number of morpholine rings is 1. The first-order valence-corrected chi connectivity index (χ1v) is 11.0. The smallest absolute Gasteiger partial charge is 0.407 e. The Hall–Kier alpha value is -3.21. The van der Waals surface area contributed by atoms with E-state index in [0.29, 0.717) is 38.2 Å². The Kier molecular flexibility index (Phi) is 4.19. The summed E-state index contributed by atoms with van der Waals surface area (Å²) in [6, 6.07) is 0.160. The van der Waals surface area contributed by atoms with Crippen LogP contribution in [-0.4, -0.2) is 87.0 Å². The first-order chi connectivity index (χ1) is 15.5. The number of rotatable bonds is 3. The second-order valence-corrected chi connectivity index (χ2v) is 9.19. The van der Waals surface area contributed by atoms with E-state index in [-0.39, 0.29) is 17.5 Å². The minimum absolute atomic E-state index is 0.152. The zero-order valence-corrected chi connectivity index (χ0v) is 17.9. The van der Waals surface area contributed by atoms with E-state index in [0.717, 1.165) is 48.6 Å². The molecular formula is C21H26N8O3. The molecule has 2 aromatic heterocycles. The maximum atomic E-state index is 11.6. The maximum Gasteiger partial charge on any atom is 0.407 e. The van der Waals surface area contributed by atoms with Gasteiger partial charge in [0.25, 0.3) is 0 Å². The number of piperidine rings is 1. The highest BCUT2D eigenvalue weighted by molar-refractivity contribution is 5.74. The SMILES string of the molecule is C[C@H]1COCCN1c1nc(-c2cnc(N)nc2)c2c(n1)N([C@]13C[C@H]1CN(C(=O)O)C3)CC2. The van der Waals surface area contributed by atoms with Crippen LogP contribution in [0.4, 0.5) is 22.5 Å². The van der Waals surface area contributed by atoms with Gasteiger partial charge < -0.3 is 30.3 Å². The van der Waals surface area contributed by atoms with Gasteiger partial charge in [0.1, 0.15) is 5.82 Å². The third-order valence-corrected chi connectivity index (χ3v) is 7.30. The molecule has 0 spiro atoms. The van der Waals surface area contributed by atoms with Crippen molar-refractivity contribution in [2.45, 2.75) is 31.3 Å². The quantitative estimate of drug-likeness (QED) is 0.710. The van der Waals surface area contributed by atoms with Gasteiger partial charge in [-0.1, -0.05) is 0 Å². The van der Waals surface area contributed by atoms with E-state index in [2.05, 4.69) is 26.7 Å². The van der Waals surface area contributed by atoms with Crippen LogP contribution in [0.25, 0.3) is 11.3 Å². The summed E-state index contributed by atoms with van der Waals surface area (Å²) in [5, 5.41) is 9.50. The average molecular weight is 438 g/mol. The zero-order chi connectivity index (χ0) is 22.0. The van der Waals surface area contributed by atoms with E-state index in [1.54, 1.807) is 12.4 Å². The highest BCUT2D eigenvalue weighted by Crippen LogP contribution is 2.57. The van der Waals surface area contributed by atoms with Crippen molar-refractivity contribution in [3.63, 3.8) is 0 Å². The standard InChI is InChI=1S/C21H26N8O3/c1-12-10-32-5-4-28(12)19-25-16(13-7-23-18(22)24-8-13)15-2-3-29(17(15)26-19)21-6-14(21)9-27(11-21)20(30)31/h7-8,12,14H,2-6,9-11H2,1H3,(H,30,31)(H2,22,23,24)/t12-,14-,21-/m0/s1. The molecule has 0 unspecified atom stereocenters. The third-order valence-electron chi connectivity index (χ3n) is 7.30. The summed E-state index contributed by atoms with van der Waals surface area (Å²) in [6.07, 6.45) is 4.38. The number of hydrogen-bond donors (Lipinski definition) is 2. The molecule has 3 N–H and O–H groups in total. The summed E-state index contributed by atoms with van der Waals surface area (Å²) in [6.45, 7) is 6.02. The van der Waals surface area contributed by atoms with Crippen molar-refractivity contribution >= 4 is 23.8 Å². The predicted molar refractivity (Wildman–Crippen MR) is 117 cm³/mol. The largest absolute Gasteiger partial charge is 0.465 e. The van der Waals surface area contributed by atoms with E-state index < -0.39 is 6.09 Å². The summed E-state index contributed by atoms with van der Waals surface area (Å²) in [4.78, 5) is 36.0. The zero-order valence-electron chi connectivity index (χ0n) is 17.9. The molecule has 0 aromatic carbocycles. The van der Waals surface area contributed by atoms with Crippen molar-refractivity contribution in [1.29, 1.82) is 0 Å². The molecule has 32 heavy (non-hydrogen) atoms. The first kappa shape index (κ1) is 19.5. The lowest BCUT2D eigenvalue weighted by molar-refractivity contribution is 0.0981. The Labute approximate surface area is 185 Å². The van der Waals surface area contributed by atoms with E-state index in [1.165, 1.54) is 4.90 Å². The molecule has 11 nitrogen and oxygen atoms in total. The lowest BCUT2D eigenvalue weighted by atomic mass is 10.1. The fraction of sp³-hybridized carbons (Fsp3) is 0.571. The number of nitrogens with zero attached hydrogens (tertiary/aromatic N) is 7.